The second kappa shape index (κ2) is 10.5. The minimum absolute atomic E-state index is 0. The van der Waals surface area contributed by atoms with Crippen LogP contribution in [-0.2, 0) is 11.4 Å². The molecule has 96 valence electrons. The molecule has 0 radical (unpaired) electrons. The Hall–Kier alpha value is -0.0100. The molecule has 0 spiro atoms. The van der Waals surface area contributed by atoms with Gasteiger partial charge in [0.15, 0.2) is 0 Å². The molecule has 0 amide bonds. The van der Waals surface area contributed by atoms with E-state index >= 15 is 0 Å². The highest BCUT2D eigenvalue weighted by Gasteiger charge is 2.10. The summed E-state index contributed by atoms with van der Waals surface area (Å²) in [7, 11) is 8.78. The van der Waals surface area contributed by atoms with Crippen molar-refractivity contribution < 1.29 is 17.8 Å². The van der Waals surface area contributed by atoms with E-state index in [4.69, 9.17) is 13.3 Å². The minimum atomic E-state index is -3.11. The van der Waals surface area contributed by atoms with Crippen molar-refractivity contribution in [1.82, 2.24) is 4.90 Å². The molecule has 6 heteroatoms. The Balaban J connectivity index is -0.000000249. The van der Waals surface area contributed by atoms with E-state index < -0.39 is 11.4 Å². The number of hydrogen-bond acceptors (Lipinski definition) is 4. The summed E-state index contributed by atoms with van der Waals surface area (Å²) in [4.78, 5) is 2.23. The van der Waals surface area contributed by atoms with Gasteiger partial charge in [-0.15, -0.1) is 11.4 Å². The van der Waals surface area contributed by atoms with Gasteiger partial charge in [0.25, 0.3) is 0 Å². The molecule has 0 aliphatic rings. The average Bonchev–Trinajstić information content (AvgIpc) is 2.00. The smallest absolute Gasteiger partial charge is 0.0911 e. The van der Waals surface area contributed by atoms with Crippen molar-refractivity contribution in [2.24, 2.45) is 0 Å². The standard InChI is InChI=1S/C8H21N2.CH4.H2O3S/c1-6-10(4,5)8-7-9(2)3;;1-4(2)3/h6-8H2,1-5H3;1H4;(H2,1,2,3)/q+1;;/p-2. The third-order valence-corrected chi connectivity index (χ3v) is 2.01. The van der Waals surface area contributed by atoms with Crippen LogP contribution in [0.15, 0.2) is 0 Å². The molecule has 0 atom stereocenters. The molecule has 0 aliphatic heterocycles. The van der Waals surface area contributed by atoms with Crippen LogP contribution in [0, 0.1) is 0 Å². The van der Waals surface area contributed by atoms with E-state index in [1.165, 1.54) is 19.6 Å². The lowest BCUT2D eigenvalue weighted by atomic mass is 10.4. The summed E-state index contributed by atoms with van der Waals surface area (Å²) in [6.45, 7) is 5.87. The Morgan fingerprint density at radius 2 is 1.60 bits per heavy atom. The van der Waals surface area contributed by atoms with E-state index in [2.05, 4.69) is 40.0 Å². The molecular weight excluding hydrogens is 216 g/mol. The average molecular weight is 241 g/mol. The number of likely N-dealkylation sites (N-methyl/N-ethyl adjacent to an activating group) is 2. The summed E-state index contributed by atoms with van der Waals surface area (Å²) in [6, 6.07) is 0. The molecule has 0 aromatic carbocycles. The lowest BCUT2D eigenvalue weighted by molar-refractivity contribution is -0.887. The fourth-order valence-corrected chi connectivity index (χ4v) is 0.629. The van der Waals surface area contributed by atoms with Gasteiger partial charge in [-0.3, -0.25) is 4.21 Å². The highest BCUT2D eigenvalue weighted by atomic mass is 32.2. The van der Waals surface area contributed by atoms with Crippen molar-refractivity contribution in [2.75, 3.05) is 47.8 Å². The maximum atomic E-state index is 8.44. The van der Waals surface area contributed by atoms with Gasteiger partial charge < -0.3 is 18.5 Å². The van der Waals surface area contributed by atoms with Gasteiger partial charge in [0.1, 0.15) is 0 Å². The summed E-state index contributed by atoms with van der Waals surface area (Å²) < 4.78 is 26.5. The van der Waals surface area contributed by atoms with Gasteiger partial charge >= 0.3 is 0 Å². The third-order valence-electron chi connectivity index (χ3n) is 2.01. The molecule has 0 bridgehead atoms. The van der Waals surface area contributed by atoms with Gasteiger partial charge in [-0.1, -0.05) is 7.43 Å². The van der Waals surface area contributed by atoms with Crippen molar-refractivity contribution in [3.8, 4) is 0 Å². The van der Waals surface area contributed by atoms with Crippen LogP contribution in [0.1, 0.15) is 14.4 Å². The van der Waals surface area contributed by atoms with Crippen LogP contribution in [0.2, 0.25) is 0 Å². The van der Waals surface area contributed by atoms with Crippen LogP contribution < -0.4 is 0 Å². The Bertz CT molecular complexity index is 159. The minimum Gasteiger partial charge on any atom is -0.784 e. The highest BCUT2D eigenvalue weighted by Crippen LogP contribution is 1.94. The predicted octanol–water partition coefficient (Wildman–Crippen LogP) is 0.276. The number of rotatable bonds is 4. The molecule has 0 saturated carbocycles. The molecule has 0 unspecified atom stereocenters. The normalized spacial score (nSPS) is 10.7. The molecule has 0 fully saturated rings. The first-order valence-corrected chi connectivity index (χ1v) is 5.44. The Kier molecular flexibility index (Phi) is 14.3. The molecular formula is C9H25N2O3S-. The molecule has 0 aromatic heterocycles. The molecule has 15 heavy (non-hydrogen) atoms. The van der Waals surface area contributed by atoms with Crippen molar-refractivity contribution in [3.05, 3.63) is 0 Å². The molecule has 0 heterocycles. The third kappa shape index (κ3) is 24.9. The summed E-state index contributed by atoms with van der Waals surface area (Å²) in [5.74, 6) is 0. The molecule has 5 nitrogen and oxygen atoms in total. The Labute approximate surface area is 96.8 Å². The number of nitrogens with zero attached hydrogens (tertiary/aromatic N) is 2. The van der Waals surface area contributed by atoms with Gasteiger partial charge in [-0.2, -0.15) is 0 Å². The maximum Gasteiger partial charge on any atom is 0.0911 e. The zero-order valence-corrected chi connectivity index (χ0v) is 10.5. The van der Waals surface area contributed by atoms with Crippen LogP contribution in [0.5, 0.6) is 0 Å². The Morgan fingerprint density at radius 1 is 1.27 bits per heavy atom. The first-order valence-electron chi connectivity index (χ1n) is 4.44. The molecule has 0 saturated heterocycles. The van der Waals surface area contributed by atoms with E-state index in [0.29, 0.717) is 0 Å². The second-order valence-electron chi connectivity index (χ2n) is 3.98. The van der Waals surface area contributed by atoms with E-state index in [-0.39, 0.29) is 7.43 Å². The maximum absolute atomic E-state index is 8.44. The van der Waals surface area contributed by atoms with Crippen LogP contribution in [0.3, 0.4) is 0 Å². The fraction of sp³-hybridized carbons (Fsp3) is 1.00. The first-order chi connectivity index (χ1) is 6.21. The predicted molar refractivity (Wildman–Crippen MR) is 62.5 cm³/mol. The monoisotopic (exact) mass is 241 g/mol. The van der Waals surface area contributed by atoms with Crippen LogP contribution >= 0.6 is 0 Å². The lowest BCUT2D eigenvalue weighted by Crippen LogP contribution is -2.43. The van der Waals surface area contributed by atoms with Crippen LogP contribution in [0.25, 0.3) is 0 Å². The summed E-state index contributed by atoms with van der Waals surface area (Å²) >= 11 is -3.11. The molecule has 0 aromatic rings. The van der Waals surface area contributed by atoms with Crippen molar-refractivity contribution in [3.63, 3.8) is 0 Å². The van der Waals surface area contributed by atoms with Crippen LogP contribution in [0.4, 0.5) is 0 Å². The molecule has 0 N–H and O–H groups in total. The molecule has 0 aliphatic carbocycles. The number of hydrogen-bond donors (Lipinski definition) is 0. The second-order valence-corrected chi connectivity index (χ2v) is 4.39. The lowest BCUT2D eigenvalue weighted by Gasteiger charge is -2.29. The fourth-order valence-electron chi connectivity index (χ4n) is 0.629. The molecule has 0 rings (SSSR count). The largest absolute Gasteiger partial charge is 0.784 e. The first kappa shape index (κ1) is 20.4. The highest BCUT2D eigenvalue weighted by molar-refractivity contribution is 7.72. The van der Waals surface area contributed by atoms with Gasteiger partial charge in [-0.05, 0) is 21.0 Å². The van der Waals surface area contributed by atoms with Crippen molar-refractivity contribution in [1.29, 1.82) is 0 Å². The van der Waals surface area contributed by atoms with Crippen molar-refractivity contribution >= 4 is 11.4 Å². The zero-order chi connectivity index (χ0) is 11.8. The summed E-state index contributed by atoms with van der Waals surface area (Å²) in [6.07, 6.45) is 0. The van der Waals surface area contributed by atoms with E-state index in [0.717, 1.165) is 4.48 Å². The van der Waals surface area contributed by atoms with E-state index in [1.54, 1.807) is 0 Å². The summed E-state index contributed by atoms with van der Waals surface area (Å²) in [5.41, 5.74) is 0. The topological polar surface area (TPSA) is 66.4 Å². The van der Waals surface area contributed by atoms with Gasteiger partial charge in [0, 0.05) is 6.54 Å². The Morgan fingerprint density at radius 3 is 1.80 bits per heavy atom. The number of quaternary nitrogens is 1. The van der Waals surface area contributed by atoms with Gasteiger partial charge in [-0.25, -0.2) is 0 Å². The van der Waals surface area contributed by atoms with Gasteiger partial charge in [0.05, 0.1) is 27.2 Å². The zero-order valence-electron chi connectivity index (χ0n) is 9.65. The van der Waals surface area contributed by atoms with Crippen molar-refractivity contribution in [2.45, 2.75) is 14.4 Å². The quantitative estimate of drug-likeness (QED) is 0.523. The van der Waals surface area contributed by atoms with E-state index in [9.17, 15) is 0 Å². The van der Waals surface area contributed by atoms with Gasteiger partial charge in [0.2, 0.25) is 0 Å². The van der Waals surface area contributed by atoms with Crippen LogP contribution in [-0.4, -0.2) is 70.5 Å². The van der Waals surface area contributed by atoms with E-state index in [1.807, 2.05) is 0 Å². The SMILES string of the molecule is C.CC[N+](C)(C)CCN(C)C.O=S([O-])[O-]. The summed E-state index contributed by atoms with van der Waals surface area (Å²) in [5, 5.41) is 0.